The summed E-state index contributed by atoms with van der Waals surface area (Å²) in [7, 11) is 3.96. The normalized spacial score (nSPS) is 10.7. The molecule has 0 saturated carbocycles. The zero-order chi connectivity index (χ0) is 9.84. The van der Waals surface area contributed by atoms with E-state index in [1.165, 1.54) is 0 Å². The Bertz CT molecular complexity index is 264. The molecule has 72 valence electrons. The van der Waals surface area contributed by atoms with E-state index in [1.807, 2.05) is 19.0 Å². The first-order valence-electron chi connectivity index (χ1n) is 3.98. The lowest BCUT2D eigenvalue weighted by molar-refractivity contribution is 0.409. The van der Waals surface area contributed by atoms with Crippen molar-refractivity contribution in [2.24, 2.45) is 0 Å². The van der Waals surface area contributed by atoms with Gasteiger partial charge in [0, 0.05) is 13.0 Å². The Morgan fingerprint density at radius 3 is 2.08 bits per heavy atom. The lowest BCUT2D eigenvalue weighted by Crippen LogP contribution is -2.17. The number of hydrogen-bond donors (Lipinski definition) is 2. The Morgan fingerprint density at radius 1 is 1.08 bits per heavy atom. The lowest BCUT2D eigenvalue weighted by Gasteiger charge is -2.08. The molecule has 0 atom stereocenters. The van der Waals surface area contributed by atoms with Crippen LogP contribution in [-0.2, 0) is 6.42 Å². The Hall–Kier alpha value is -1.43. The fraction of sp³-hybridized carbons (Fsp3) is 0.571. The van der Waals surface area contributed by atoms with Gasteiger partial charge in [-0.15, -0.1) is 0 Å². The molecule has 0 fully saturated rings. The maximum absolute atomic E-state index is 5.41. The van der Waals surface area contributed by atoms with Crippen LogP contribution >= 0.6 is 0 Å². The number of aromatic nitrogens is 3. The van der Waals surface area contributed by atoms with Gasteiger partial charge in [0.1, 0.15) is 5.82 Å². The number of rotatable bonds is 3. The first-order chi connectivity index (χ1) is 6.08. The predicted molar refractivity (Wildman–Crippen MR) is 50.9 cm³/mol. The highest BCUT2D eigenvalue weighted by atomic mass is 15.1. The smallest absolute Gasteiger partial charge is 0.225 e. The minimum Gasteiger partial charge on any atom is -0.368 e. The topological polar surface area (TPSA) is 94.0 Å². The maximum atomic E-state index is 5.41. The van der Waals surface area contributed by atoms with Gasteiger partial charge in [-0.05, 0) is 14.1 Å². The molecule has 13 heavy (non-hydrogen) atoms. The Balaban J connectivity index is 2.66. The minimum absolute atomic E-state index is 0.182. The van der Waals surface area contributed by atoms with Crippen molar-refractivity contribution in [1.82, 2.24) is 19.9 Å². The third-order valence-electron chi connectivity index (χ3n) is 1.50. The number of anilines is 2. The summed E-state index contributed by atoms with van der Waals surface area (Å²) < 4.78 is 0. The van der Waals surface area contributed by atoms with Crippen LogP contribution in [0.3, 0.4) is 0 Å². The summed E-state index contributed by atoms with van der Waals surface area (Å²) in [5.41, 5.74) is 10.8. The summed E-state index contributed by atoms with van der Waals surface area (Å²) in [6.45, 7) is 0.864. The maximum Gasteiger partial charge on any atom is 0.225 e. The highest BCUT2D eigenvalue weighted by molar-refractivity contribution is 5.25. The van der Waals surface area contributed by atoms with Crippen molar-refractivity contribution < 1.29 is 0 Å². The molecule has 4 N–H and O–H groups in total. The molecule has 1 aromatic rings. The molecule has 1 aromatic heterocycles. The van der Waals surface area contributed by atoms with Gasteiger partial charge in [-0.3, -0.25) is 0 Å². The van der Waals surface area contributed by atoms with E-state index in [4.69, 9.17) is 11.5 Å². The van der Waals surface area contributed by atoms with E-state index >= 15 is 0 Å². The van der Waals surface area contributed by atoms with Crippen LogP contribution in [0, 0.1) is 0 Å². The molecule has 1 rings (SSSR count). The van der Waals surface area contributed by atoms with Crippen molar-refractivity contribution in [3.8, 4) is 0 Å². The average Bonchev–Trinajstić information content (AvgIpc) is 1.99. The molecule has 0 radical (unpaired) electrons. The van der Waals surface area contributed by atoms with Crippen molar-refractivity contribution in [3.05, 3.63) is 5.82 Å². The molecular formula is C7H14N6. The van der Waals surface area contributed by atoms with Crippen LogP contribution < -0.4 is 11.5 Å². The van der Waals surface area contributed by atoms with Crippen LogP contribution in [0.1, 0.15) is 5.82 Å². The summed E-state index contributed by atoms with van der Waals surface area (Å²) >= 11 is 0. The first kappa shape index (κ1) is 9.66. The molecule has 0 aromatic carbocycles. The molecule has 6 heteroatoms. The van der Waals surface area contributed by atoms with Crippen molar-refractivity contribution >= 4 is 11.9 Å². The van der Waals surface area contributed by atoms with E-state index in [2.05, 4.69) is 15.0 Å². The second kappa shape index (κ2) is 3.99. The number of likely N-dealkylation sites (N-methyl/N-ethyl adjacent to an activating group) is 1. The van der Waals surface area contributed by atoms with Gasteiger partial charge in [0.15, 0.2) is 0 Å². The number of nitrogens with two attached hydrogens (primary N) is 2. The van der Waals surface area contributed by atoms with Crippen LogP contribution in [0.25, 0.3) is 0 Å². The fourth-order valence-electron chi connectivity index (χ4n) is 0.892. The van der Waals surface area contributed by atoms with Gasteiger partial charge in [-0.25, -0.2) is 0 Å². The minimum atomic E-state index is 0.182. The standard InChI is InChI=1S/C7H14N6/c1-13(2)4-3-5-10-6(8)12-7(9)11-5/h3-4H2,1-2H3,(H4,8,9,10,11,12). The molecule has 0 unspecified atom stereocenters. The molecule has 0 aliphatic carbocycles. The van der Waals surface area contributed by atoms with Gasteiger partial charge in [0.25, 0.3) is 0 Å². The molecule has 0 aliphatic rings. The van der Waals surface area contributed by atoms with E-state index in [0.717, 1.165) is 13.0 Å². The quantitative estimate of drug-likeness (QED) is 0.631. The summed E-state index contributed by atoms with van der Waals surface area (Å²) in [4.78, 5) is 13.6. The molecule has 0 spiro atoms. The first-order valence-corrected chi connectivity index (χ1v) is 3.98. The molecule has 6 nitrogen and oxygen atoms in total. The Kier molecular flexibility index (Phi) is 2.97. The van der Waals surface area contributed by atoms with Crippen LogP contribution in [0.5, 0.6) is 0 Å². The second-order valence-electron chi connectivity index (χ2n) is 3.02. The molecule has 0 bridgehead atoms. The monoisotopic (exact) mass is 182 g/mol. The third-order valence-corrected chi connectivity index (χ3v) is 1.50. The Morgan fingerprint density at radius 2 is 1.62 bits per heavy atom. The van der Waals surface area contributed by atoms with Crippen molar-refractivity contribution in [3.63, 3.8) is 0 Å². The van der Waals surface area contributed by atoms with Crippen LogP contribution in [0.4, 0.5) is 11.9 Å². The number of nitrogens with zero attached hydrogens (tertiary/aromatic N) is 4. The molecule has 0 saturated heterocycles. The molecule has 1 heterocycles. The van der Waals surface area contributed by atoms with Gasteiger partial charge < -0.3 is 16.4 Å². The zero-order valence-corrected chi connectivity index (χ0v) is 7.86. The second-order valence-corrected chi connectivity index (χ2v) is 3.02. The van der Waals surface area contributed by atoms with Gasteiger partial charge in [-0.2, -0.15) is 15.0 Å². The van der Waals surface area contributed by atoms with Crippen LogP contribution in [-0.4, -0.2) is 40.5 Å². The third kappa shape index (κ3) is 3.20. The largest absolute Gasteiger partial charge is 0.368 e. The van der Waals surface area contributed by atoms with E-state index < -0.39 is 0 Å². The molecule has 0 amide bonds. The van der Waals surface area contributed by atoms with Crippen LogP contribution in [0.15, 0.2) is 0 Å². The van der Waals surface area contributed by atoms with Gasteiger partial charge in [-0.1, -0.05) is 0 Å². The number of nitrogen functional groups attached to an aromatic ring is 2. The zero-order valence-electron chi connectivity index (χ0n) is 7.86. The van der Waals surface area contributed by atoms with Crippen molar-refractivity contribution in [2.45, 2.75) is 6.42 Å². The van der Waals surface area contributed by atoms with Crippen LogP contribution in [0.2, 0.25) is 0 Å². The van der Waals surface area contributed by atoms with E-state index in [0.29, 0.717) is 5.82 Å². The highest BCUT2D eigenvalue weighted by Gasteiger charge is 2.01. The van der Waals surface area contributed by atoms with Gasteiger partial charge >= 0.3 is 0 Å². The predicted octanol–water partition coefficient (Wildman–Crippen LogP) is -0.860. The summed E-state index contributed by atoms with van der Waals surface area (Å²) in [5, 5.41) is 0. The lowest BCUT2D eigenvalue weighted by atomic mass is 10.4. The number of hydrogen-bond acceptors (Lipinski definition) is 6. The fourth-order valence-corrected chi connectivity index (χ4v) is 0.892. The van der Waals surface area contributed by atoms with E-state index in [1.54, 1.807) is 0 Å². The van der Waals surface area contributed by atoms with Crippen molar-refractivity contribution in [1.29, 1.82) is 0 Å². The summed E-state index contributed by atoms with van der Waals surface area (Å²) in [6, 6.07) is 0. The van der Waals surface area contributed by atoms with Gasteiger partial charge in [0.05, 0.1) is 0 Å². The summed E-state index contributed by atoms with van der Waals surface area (Å²) in [5.74, 6) is 1.00. The van der Waals surface area contributed by atoms with E-state index in [9.17, 15) is 0 Å². The van der Waals surface area contributed by atoms with E-state index in [-0.39, 0.29) is 11.9 Å². The highest BCUT2D eigenvalue weighted by Crippen LogP contribution is 1.99. The summed E-state index contributed by atoms with van der Waals surface area (Å²) in [6.07, 6.45) is 0.726. The van der Waals surface area contributed by atoms with Crippen molar-refractivity contribution in [2.75, 3.05) is 32.1 Å². The molecule has 0 aliphatic heterocycles. The Labute approximate surface area is 77.0 Å². The average molecular weight is 182 g/mol. The van der Waals surface area contributed by atoms with Gasteiger partial charge in [0.2, 0.25) is 11.9 Å². The SMILES string of the molecule is CN(C)CCc1nc(N)nc(N)n1. The molecular weight excluding hydrogens is 168 g/mol.